The van der Waals surface area contributed by atoms with E-state index in [1.807, 2.05) is 0 Å². The van der Waals surface area contributed by atoms with Crippen LogP contribution in [-0.4, -0.2) is 28.5 Å². The summed E-state index contributed by atoms with van der Waals surface area (Å²) in [5.41, 5.74) is 0.249. The molecule has 0 bridgehead atoms. The van der Waals surface area contributed by atoms with Gasteiger partial charge in [-0.05, 0) is 48.5 Å². The SMILES string of the molecule is NS(=O)(=O)c1ccc(NC(=O)CS(=O)(=O)c2ccc(Cl)cc2)cc1. The van der Waals surface area contributed by atoms with Gasteiger partial charge in [-0.3, -0.25) is 4.79 Å². The van der Waals surface area contributed by atoms with Crippen LogP contribution in [0, 0.1) is 0 Å². The number of amides is 1. The van der Waals surface area contributed by atoms with E-state index < -0.39 is 31.5 Å². The highest BCUT2D eigenvalue weighted by molar-refractivity contribution is 7.92. The minimum Gasteiger partial charge on any atom is -0.325 e. The van der Waals surface area contributed by atoms with Crippen LogP contribution in [0.2, 0.25) is 5.02 Å². The van der Waals surface area contributed by atoms with E-state index in [-0.39, 0.29) is 15.5 Å². The summed E-state index contributed by atoms with van der Waals surface area (Å²) in [6, 6.07) is 10.5. The molecule has 1 amide bonds. The number of carbonyl (C=O) groups excluding carboxylic acids is 1. The van der Waals surface area contributed by atoms with Gasteiger partial charge in [0.2, 0.25) is 15.9 Å². The molecule has 0 unspecified atom stereocenters. The number of hydrogen-bond acceptors (Lipinski definition) is 5. The lowest BCUT2D eigenvalue weighted by molar-refractivity contribution is -0.113. The fraction of sp³-hybridized carbons (Fsp3) is 0.0714. The molecule has 0 heterocycles. The van der Waals surface area contributed by atoms with Crippen molar-refractivity contribution in [2.24, 2.45) is 5.14 Å². The first-order chi connectivity index (χ1) is 11.1. The average molecular weight is 389 g/mol. The van der Waals surface area contributed by atoms with Crippen molar-refractivity contribution in [3.05, 3.63) is 53.6 Å². The molecule has 0 radical (unpaired) electrons. The number of sulfonamides is 1. The number of nitrogens with two attached hydrogens (primary N) is 1. The second-order valence-corrected chi connectivity index (χ2v) is 8.82. The van der Waals surface area contributed by atoms with E-state index in [9.17, 15) is 21.6 Å². The van der Waals surface area contributed by atoms with Crippen LogP contribution in [0.15, 0.2) is 58.3 Å². The largest absolute Gasteiger partial charge is 0.325 e. The van der Waals surface area contributed by atoms with Crippen LogP contribution in [0.5, 0.6) is 0 Å². The summed E-state index contributed by atoms with van der Waals surface area (Å²) in [6.45, 7) is 0. The lowest BCUT2D eigenvalue weighted by atomic mass is 10.3. The number of primary sulfonamides is 1. The summed E-state index contributed by atoms with van der Waals surface area (Å²) in [7, 11) is -7.65. The van der Waals surface area contributed by atoms with Crippen molar-refractivity contribution in [2.45, 2.75) is 9.79 Å². The van der Waals surface area contributed by atoms with Gasteiger partial charge in [0.25, 0.3) is 0 Å². The van der Waals surface area contributed by atoms with Gasteiger partial charge in [-0.1, -0.05) is 11.6 Å². The van der Waals surface area contributed by atoms with Crippen molar-refractivity contribution in [2.75, 3.05) is 11.1 Å². The Kier molecular flexibility index (Phi) is 5.29. The lowest BCUT2D eigenvalue weighted by Crippen LogP contribution is -2.23. The number of halogens is 1. The van der Waals surface area contributed by atoms with Gasteiger partial charge in [-0.2, -0.15) is 0 Å². The van der Waals surface area contributed by atoms with Crippen molar-refractivity contribution in [3.63, 3.8) is 0 Å². The fourth-order valence-electron chi connectivity index (χ4n) is 1.82. The smallest absolute Gasteiger partial charge is 0.239 e. The first-order valence-corrected chi connectivity index (χ1v) is 10.1. The number of rotatable bonds is 5. The molecule has 0 fully saturated rings. The zero-order valence-electron chi connectivity index (χ0n) is 12.1. The molecular weight excluding hydrogens is 376 g/mol. The summed E-state index contributed by atoms with van der Waals surface area (Å²) in [5, 5.41) is 7.72. The zero-order valence-corrected chi connectivity index (χ0v) is 14.5. The van der Waals surface area contributed by atoms with Crippen molar-refractivity contribution in [3.8, 4) is 0 Å². The number of anilines is 1. The molecule has 0 aliphatic rings. The third-order valence-corrected chi connectivity index (χ3v) is 5.77. The van der Waals surface area contributed by atoms with Crippen LogP contribution < -0.4 is 10.5 Å². The zero-order chi connectivity index (χ0) is 18.0. The Morgan fingerprint density at radius 1 is 0.917 bits per heavy atom. The Labute approximate surface area is 144 Å². The molecule has 2 rings (SSSR count). The van der Waals surface area contributed by atoms with Crippen LogP contribution in [0.3, 0.4) is 0 Å². The third-order valence-electron chi connectivity index (χ3n) is 2.96. The molecule has 0 atom stereocenters. The van der Waals surface area contributed by atoms with Gasteiger partial charge in [0.1, 0.15) is 5.75 Å². The Morgan fingerprint density at radius 3 is 1.92 bits per heavy atom. The monoisotopic (exact) mass is 388 g/mol. The molecule has 2 aromatic rings. The summed E-state index contributed by atoms with van der Waals surface area (Å²) in [6.07, 6.45) is 0. The number of benzene rings is 2. The van der Waals surface area contributed by atoms with E-state index >= 15 is 0 Å². The normalized spacial score (nSPS) is 11.9. The van der Waals surface area contributed by atoms with Crippen molar-refractivity contribution >= 4 is 43.1 Å². The first kappa shape index (κ1) is 18.4. The number of hydrogen-bond donors (Lipinski definition) is 2. The molecule has 0 saturated carbocycles. The number of nitrogens with one attached hydrogen (secondary N) is 1. The minimum absolute atomic E-state index is 0.0216. The van der Waals surface area contributed by atoms with Crippen LogP contribution >= 0.6 is 11.6 Å². The van der Waals surface area contributed by atoms with E-state index in [1.54, 1.807) is 0 Å². The summed E-state index contributed by atoms with van der Waals surface area (Å²) >= 11 is 5.69. The fourth-order valence-corrected chi connectivity index (χ4v) is 3.60. The molecule has 0 spiro atoms. The van der Waals surface area contributed by atoms with Crippen LogP contribution in [0.1, 0.15) is 0 Å². The molecule has 0 saturated heterocycles. The lowest BCUT2D eigenvalue weighted by Gasteiger charge is -2.07. The second kappa shape index (κ2) is 6.89. The molecule has 128 valence electrons. The molecule has 7 nitrogen and oxygen atoms in total. The van der Waals surface area contributed by atoms with Crippen LogP contribution in [0.4, 0.5) is 5.69 Å². The van der Waals surface area contributed by atoms with Crippen LogP contribution in [0.25, 0.3) is 0 Å². The quantitative estimate of drug-likeness (QED) is 0.801. The second-order valence-electron chi connectivity index (χ2n) is 4.83. The maximum absolute atomic E-state index is 12.1. The first-order valence-electron chi connectivity index (χ1n) is 6.49. The summed E-state index contributed by atoms with van der Waals surface area (Å²) in [5.74, 6) is -1.51. The standard InChI is InChI=1S/C14H13ClN2O5S2/c15-10-1-5-12(6-2-10)23(19,20)9-14(18)17-11-3-7-13(8-4-11)24(16,21)22/h1-8H,9H2,(H,17,18)(H2,16,21,22). The Morgan fingerprint density at radius 2 is 1.42 bits per heavy atom. The molecule has 0 aliphatic heterocycles. The Bertz CT molecular complexity index is 953. The van der Waals surface area contributed by atoms with Gasteiger partial charge >= 0.3 is 0 Å². The van der Waals surface area contributed by atoms with E-state index in [0.29, 0.717) is 5.02 Å². The Balaban J connectivity index is 2.09. The summed E-state index contributed by atoms with van der Waals surface area (Å²) in [4.78, 5) is 11.8. The Hall–Kier alpha value is -1.94. The highest BCUT2D eigenvalue weighted by Gasteiger charge is 2.19. The minimum atomic E-state index is -3.84. The maximum atomic E-state index is 12.1. The summed E-state index contributed by atoms with van der Waals surface area (Å²) < 4.78 is 46.5. The van der Waals surface area contributed by atoms with Crippen molar-refractivity contribution in [1.82, 2.24) is 0 Å². The van der Waals surface area contributed by atoms with Crippen molar-refractivity contribution in [1.29, 1.82) is 0 Å². The van der Waals surface area contributed by atoms with Gasteiger partial charge in [0, 0.05) is 10.7 Å². The topological polar surface area (TPSA) is 123 Å². The van der Waals surface area contributed by atoms with Crippen molar-refractivity contribution < 1.29 is 21.6 Å². The molecule has 0 aromatic heterocycles. The molecule has 10 heteroatoms. The molecule has 0 aliphatic carbocycles. The third kappa shape index (κ3) is 4.78. The van der Waals surface area contributed by atoms with Gasteiger partial charge in [-0.25, -0.2) is 22.0 Å². The van der Waals surface area contributed by atoms with Crippen LogP contribution in [-0.2, 0) is 24.7 Å². The molecular formula is C14H13ClN2O5S2. The molecule has 24 heavy (non-hydrogen) atoms. The maximum Gasteiger partial charge on any atom is 0.239 e. The number of carbonyl (C=O) groups is 1. The van der Waals surface area contributed by atoms with E-state index in [0.717, 1.165) is 0 Å². The molecule has 2 aromatic carbocycles. The predicted molar refractivity (Wildman–Crippen MR) is 89.9 cm³/mol. The molecule has 3 N–H and O–H groups in total. The number of sulfone groups is 1. The van der Waals surface area contributed by atoms with Gasteiger partial charge in [0.15, 0.2) is 9.84 Å². The predicted octanol–water partition coefficient (Wildman–Crippen LogP) is 1.40. The van der Waals surface area contributed by atoms with Gasteiger partial charge < -0.3 is 5.32 Å². The van der Waals surface area contributed by atoms with E-state index in [4.69, 9.17) is 16.7 Å². The highest BCUT2D eigenvalue weighted by atomic mass is 35.5. The average Bonchev–Trinajstić information content (AvgIpc) is 2.46. The van der Waals surface area contributed by atoms with E-state index in [1.165, 1.54) is 48.5 Å². The van der Waals surface area contributed by atoms with E-state index in [2.05, 4.69) is 5.32 Å². The van der Waals surface area contributed by atoms with Gasteiger partial charge in [0.05, 0.1) is 9.79 Å². The highest BCUT2D eigenvalue weighted by Crippen LogP contribution is 2.17. The van der Waals surface area contributed by atoms with Gasteiger partial charge in [-0.15, -0.1) is 0 Å².